The van der Waals surface area contributed by atoms with Crippen LogP contribution in [0.2, 0.25) is 5.02 Å². The number of aryl methyl sites for hydroxylation is 1. The average Bonchev–Trinajstić information content (AvgIpc) is 3.11. The maximum Gasteiger partial charge on any atom is 0.242 e. The summed E-state index contributed by atoms with van der Waals surface area (Å²) in [6, 6.07) is 13.2. The molecule has 1 aromatic heterocycles. The zero-order valence-electron chi connectivity index (χ0n) is 19.2. The Labute approximate surface area is 203 Å². The quantitative estimate of drug-likeness (QED) is 0.486. The van der Waals surface area contributed by atoms with E-state index in [0.717, 1.165) is 36.1 Å². The Hall–Kier alpha value is -2.51. The molecule has 33 heavy (non-hydrogen) atoms. The summed E-state index contributed by atoms with van der Waals surface area (Å²) in [6.45, 7) is 8.12. The number of nitrogens with one attached hydrogen (secondary N) is 1. The Morgan fingerprint density at radius 1 is 1.15 bits per heavy atom. The number of carbonyl (C=O) groups excluding carboxylic acids is 2. The van der Waals surface area contributed by atoms with Gasteiger partial charge in [-0.1, -0.05) is 55.4 Å². The molecule has 0 radical (unpaired) electrons. The topological polar surface area (TPSA) is 67.2 Å². The number of halogens is 1. The van der Waals surface area contributed by atoms with Crippen LogP contribution in [0.5, 0.6) is 0 Å². The number of imidazole rings is 1. The number of piperidine rings is 1. The summed E-state index contributed by atoms with van der Waals surface area (Å²) < 4.78 is 1.93. The third-order valence-corrected chi connectivity index (χ3v) is 7.31. The molecule has 2 heterocycles. The van der Waals surface area contributed by atoms with Crippen molar-refractivity contribution in [1.82, 2.24) is 14.5 Å². The summed E-state index contributed by atoms with van der Waals surface area (Å²) in [4.78, 5) is 32.4. The molecule has 3 aromatic rings. The van der Waals surface area contributed by atoms with E-state index in [0.29, 0.717) is 27.7 Å². The van der Waals surface area contributed by atoms with Gasteiger partial charge in [0.1, 0.15) is 6.54 Å². The summed E-state index contributed by atoms with van der Waals surface area (Å²) in [5.74, 6) is 1.14. The molecule has 1 saturated heterocycles. The minimum atomic E-state index is -0.150. The van der Waals surface area contributed by atoms with Gasteiger partial charge in [0.15, 0.2) is 5.16 Å². The van der Waals surface area contributed by atoms with Crippen LogP contribution >= 0.6 is 23.4 Å². The second-order valence-electron chi connectivity index (χ2n) is 9.01. The Morgan fingerprint density at radius 2 is 1.88 bits per heavy atom. The fourth-order valence-corrected chi connectivity index (χ4v) is 5.41. The maximum absolute atomic E-state index is 13.2. The normalized spacial score (nSPS) is 18.5. The van der Waals surface area contributed by atoms with E-state index >= 15 is 0 Å². The van der Waals surface area contributed by atoms with Crippen molar-refractivity contribution in [3.05, 3.63) is 53.1 Å². The van der Waals surface area contributed by atoms with Crippen molar-refractivity contribution in [3.8, 4) is 0 Å². The second-order valence-corrected chi connectivity index (χ2v) is 10.4. The summed E-state index contributed by atoms with van der Waals surface area (Å²) in [6.07, 6.45) is 1.15. The lowest BCUT2D eigenvalue weighted by molar-refractivity contribution is -0.134. The molecule has 0 unspecified atom stereocenters. The highest BCUT2D eigenvalue weighted by Crippen LogP contribution is 2.26. The van der Waals surface area contributed by atoms with Crippen molar-refractivity contribution in [2.24, 2.45) is 11.8 Å². The van der Waals surface area contributed by atoms with Crippen LogP contribution in [0.3, 0.4) is 0 Å². The largest absolute Gasteiger partial charge is 0.341 e. The molecule has 6 nitrogen and oxygen atoms in total. The monoisotopic (exact) mass is 484 g/mol. The van der Waals surface area contributed by atoms with Gasteiger partial charge in [0, 0.05) is 23.8 Å². The third kappa shape index (κ3) is 5.71. The number of rotatable bonds is 6. The van der Waals surface area contributed by atoms with E-state index in [1.807, 2.05) is 52.8 Å². The Morgan fingerprint density at radius 3 is 2.61 bits per heavy atom. The third-order valence-electron chi connectivity index (χ3n) is 5.92. The summed E-state index contributed by atoms with van der Waals surface area (Å²) >= 11 is 7.49. The van der Waals surface area contributed by atoms with Gasteiger partial charge < -0.3 is 14.8 Å². The molecule has 2 aromatic carbocycles. The summed E-state index contributed by atoms with van der Waals surface area (Å²) in [5.41, 5.74) is 3.34. The van der Waals surface area contributed by atoms with Crippen molar-refractivity contribution in [2.75, 3.05) is 24.2 Å². The maximum atomic E-state index is 13.2. The highest BCUT2D eigenvalue weighted by atomic mass is 35.5. The Bertz CT molecular complexity index is 1170. The van der Waals surface area contributed by atoms with Gasteiger partial charge in [-0.2, -0.15) is 0 Å². The minimum absolute atomic E-state index is 0.0946. The molecule has 1 N–H and O–H groups in total. The molecule has 4 rings (SSSR count). The number of aromatic nitrogens is 2. The van der Waals surface area contributed by atoms with E-state index in [4.69, 9.17) is 16.6 Å². The number of hydrogen-bond donors (Lipinski definition) is 1. The van der Waals surface area contributed by atoms with Gasteiger partial charge in [-0.3, -0.25) is 9.59 Å². The molecule has 174 valence electrons. The van der Waals surface area contributed by atoms with Crippen LogP contribution in [-0.2, 0) is 16.1 Å². The number of hydrogen-bond acceptors (Lipinski definition) is 4. The average molecular weight is 485 g/mol. The summed E-state index contributed by atoms with van der Waals surface area (Å²) in [7, 11) is 0. The number of amides is 2. The highest BCUT2D eigenvalue weighted by molar-refractivity contribution is 7.99. The number of para-hydroxylation sites is 2. The van der Waals surface area contributed by atoms with Gasteiger partial charge in [-0.05, 0) is 55.0 Å². The Balaban J connectivity index is 1.48. The first kappa shape index (κ1) is 23.6. The van der Waals surface area contributed by atoms with Crippen molar-refractivity contribution >= 4 is 51.9 Å². The van der Waals surface area contributed by atoms with Crippen LogP contribution in [0.15, 0.2) is 47.6 Å². The van der Waals surface area contributed by atoms with Gasteiger partial charge in [0.2, 0.25) is 11.8 Å². The van der Waals surface area contributed by atoms with Crippen LogP contribution in [0.1, 0.15) is 25.8 Å². The molecule has 1 fully saturated rings. The molecule has 1 aliphatic rings. The van der Waals surface area contributed by atoms with E-state index in [1.165, 1.54) is 11.8 Å². The SMILES string of the molecule is Cc1ccc(NC(=O)CSc2nc3ccccc3n2CC(=O)N2C[C@@H](C)C[C@H](C)C2)cc1Cl. The molecule has 2 amide bonds. The van der Waals surface area contributed by atoms with Gasteiger partial charge in [-0.25, -0.2) is 4.98 Å². The molecule has 0 bridgehead atoms. The van der Waals surface area contributed by atoms with Gasteiger partial charge in [-0.15, -0.1) is 0 Å². The zero-order valence-corrected chi connectivity index (χ0v) is 20.7. The molecule has 2 atom stereocenters. The molecule has 0 aliphatic carbocycles. The van der Waals surface area contributed by atoms with Crippen LogP contribution in [0.4, 0.5) is 5.69 Å². The van der Waals surface area contributed by atoms with Gasteiger partial charge in [0.05, 0.1) is 16.8 Å². The second kappa shape index (κ2) is 10.2. The molecule has 1 aliphatic heterocycles. The van der Waals surface area contributed by atoms with Crippen molar-refractivity contribution in [3.63, 3.8) is 0 Å². The first-order valence-corrected chi connectivity index (χ1v) is 12.6. The van der Waals surface area contributed by atoms with Gasteiger partial charge >= 0.3 is 0 Å². The first-order chi connectivity index (χ1) is 15.8. The number of thioether (sulfide) groups is 1. The van der Waals surface area contributed by atoms with Crippen LogP contribution in [-0.4, -0.2) is 45.1 Å². The van der Waals surface area contributed by atoms with E-state index in [-0.39, 0.29) is 24.1 Å². The van der Waals surface area contributed by atoms with Crippen molar-refractivity contribution in [1.29, 1.82) is 0 Å². The lowest BCUT2D eigenvalue weighted by Crippen LogP contribution is -2.44. The summed E-state index contributed by atoms with van der Waals surface area (Å²) in [5, 5.41) is 4.16. The number of carbonyl (C=O) groups is 2. The molecule has 0 saturated carbocycles. The van der Waals surface area contributed by atoms with Gasteiger partial charge in [0.25, 0.3) is 0 Å². The fourth-order valence-electron chi connectivity index (χ4n) is 4.42. The lowest BCUT2D eigenvalue weighted by atomic mass is 9.92. The van der Waals surface area contributed by atoms with Crippen LogP contribution in [0.25, 0.3) is 11.0 Å². The number of nitrogens with zero attached hydrogens (tertiary/aromatic N) is 3. The number of anilines is 1. The van der Waals surface area contributed by atoms with Crippen LogP contribution < -0.4 is 5.32 Å². The molecule has 8 heteroatoms. The van der Waals surface area contributed by atoms with E-state index in [9.17, 15) is 9.59 Å². The van der Waals surface area contributed by atoms with Crippen LogP contribution in [0, 0.1) is 18.8 Å². The number of benzene rings is 2. The molecule has 0 spiro atoms. The van der Waals surface area contributed by atoms with E-state index < -0.39 is 0 Å². The molecular formula is C25H29ClN4O2S. The standard InChI is InChI=1S/C25H29ClN4O2S/c1-16-10-17(2)13-29(12-16)24(32)14-30-22-7-5-4-6-21(22)28-25(30)33-15-23(31)27-19-9-8-18(3)20(26)11-19/h4-9,11,16-17H,10,12-15H2,1-3H3,(H,27,31)/t16-,17-/m0/s1. The van der Waals surface area contributed by atoms with E-state index in [1.54, 1.807) is 6.07 Å². The molecular weight excluding hydrogens is 456 g/mol. The Kier molecular flexibility index (Phi) is 7.29. The smallest absolute Gasteiger partial charge is 0.242 e. The van der Waals surface area contributed by atoms with Crippen molar-refractivity contribution in [2.45, 2.75) is 38.9 Å². The zero-order chi connectivity index (χ0) is 23.5. The predicted molar refractivity (Wildman–Crippen MR) is 135 cm³/mol. The van der Waals surface area contributed by atoms with Crippen molar-refractivity contribution < 1.29 is 9.59 Å². The highest BCUT2D eigenvalue weighted by Gasteiger charge is 2.26. The minimum Gasteiger partial charge on any atom is -0.341 e. The number of fused-ring (bicyclic) bond motifs is 1. The predicted octanol–water partition coefficient (Wildman–Crippen LogP) is 5.23. The van der Waals surface area contributed by atoms with E-state index in [2.05, 4.69) is 19.2 Å². The lowest BCUT2D eigenvalue weighted by Gasteiger charge is -2.35. The number of likely N-dealkylation sites (tertiary alicyclic amines) is 1. The fraction of sp³-hybridized carbons (Fsp3) is 0.400. The first-order valence-electron chi connectivity index (χ1n) is 11.2.